The van der Waals surface area contributed by atoms with Crippen LogP contribution >= 0.6 is 0 Å². The fourth-order valence-electron chi connectivity index (χ4n) is 1.81. The third kappa shape index (κ3) is 2.91. The van der Waals surface area contributed by atoms with Gasteiger partial charge >= 0.3 is 0 Å². The molecule has 2 heterocycles. The largest absolute Gasteiger partial charge is 0.381 e. The minimum atomic E-state index is -2.35. The van der Waals surface area contributed by atoms with E-state index in [2.05, 4.69) is 15.5 Å². The summed E-state index contributed by atoms with van der Waals surface area (Å²) in [6.07, 6.45) is 0.729. The van der Waals surface area contributed by atoms with Crippen molar-refractivity contribution in [3.63, 3.8) is 0 Å². The van der Waals surface area contributed by atoms with Gasteiger partial charge in [-0.3, -0.25) is 5.10 Å². The molecule has 0 spiro atoms. The average molecular weight is 231 g/mol. The maximum atomic E-state index is 12.3. The third-order valence-electron chi connectivity index (χ3n) is 2.66. The van der Waals surface area contributed by atoms with Crippen molar-refractivity contribution in [1.82, 2.24) is 10.2 Å². The zero-order chi connectivity index (χ0) is 11.4. The smallest absolute Gasteiger partial charge is 0.244 e. The molecule has 0 aliphatic carbocycles. The molecule has 0 saturated carbocycles. The fraction of sp³-hybridized carbons (Fsp3) is 0.700. The topological polar surface area (TPSA) is 49.9 Å². The lowest BCUT2D eigenvalue weighted by Gasteiger charge is -2.23. The molecule has 4 nitrogen and oxygen atoms in total. The van der Waals surface area contributed by atoms with Crippen molar-refractivity contribution in [2.45, 2.75) is 31.7 Å². The van der Waals surface area contributed by atoms with Crippen LogP contribution in [0.25, 0.3) is 0 Å². The number of H-pyrrole nitrogens is 1. The molecule has 0 amide bonds. The maximum absolute atomic E-state index is 12.3. The molecule has 1 saturated heterocycles. The summed E-state index contributed by atoms with van der Waals surface area (Å²) in [5.41, 5.74) is 1.16. The number of nitrogens with one attached hydrogen (secondary N) is 2. The highest BCUT2D eigenvalue weighted by Gasteiger charge is 2.17. The molecule has 0 atom stereocenters. The molecule has 2 rings (SSSR count). The summed E-state index contributed by atoms with van der Waals surface area (Å²) in [5, 5.41) is 9.62. The second-order valence-electron chi connectivity index (χ2n) is 3.89. The van der Waals surface area contributed by atoms with Crippen molar-refractivity contribution in [2.75, 3.05) is 18.5 Å². The van der Waals surface area contributed by atoms with Gasteiger partial charge in [0.2, 0.25) is 6.43 Å². The highest BCUT2D eigenvalue weighted by atomic mass is 19.3. The van der Waals surface area contributed by atoms with Crippen molar-refractivity contribution in [2.24, 2.45) is 0 Å². The summed E-state index contributed by atoms with van der Waals surface area (Å²) in [6.45, 7) is 1.44. The summed E-state index contributed by atoms with van der Waals surface area (Å²) in [7, 11) is 0. The standard InChI is InChI=1S/C10H15F2N3O/c11-10(12)5-8-9(6-13-15-8)14-7-1-3-16-4-2-7/h6-7,10,14H,1-5H2,(H,13,15). The lowest BCUT2D eigenvalue weighted by Crippen LogP contribution is -2.28. The number of alkyl halides is 2. The number of halogens is 2. The summed E-state index contributed by atoms with van der Waals surface area (Å²) in [6, 6.07) is 0.294. The predicted molar refractivity (Wildman–Crippen MR) is 55.8 cm³/mol. The Labute approximate surface area is 92.4 Å². The number of hydrogen-bond acceptors (Lipinski definition) is 3. The van der Waals surface area contributed by atoms with Gasteiger partial charge in [0.15, 0.2) is 0 Å². The lowest BCUT2D eigenvalue weighted by atomic mass is 10.1. The zero-order valence-corrected chi connectivity index (χ0v) is 8.88. The summed E-state index contributed by atoms with van der Waals surface area (Å²) in [4.78, 5) is 0. The van der Waals surface area contributed by atoms with Crippen molar-refractivity contribution in [3.8, 4) is 0 Å². The Balaban J connectivity index is 1.94. The van der Waals surface area contributed by atoms with Crippen molar-refractivity contribution in [1.29, 1.82) is 0 Å². The molecule has 0 aromatic carbocycles. The minimum Gasteiger partial charge on any atom is -0.381 e. The Morgan fingerprint density at radius 3 is 2.94 bits per heavy atom. The second kappa shape index (κ2) is 5.25. The van der Waals surface area contributed by atoms with Crippen LogP contribution in [0.1, 0.15) is 18.5 Å². The van der Waals surface area contributed by atoms with E-state index < -0.39 is 6.43 Å². The molecule has 1 aliphatic heterocycles. The summed E-state index contributed by atoms with van der Waals surface area (Å²) < 4.78 is 29.8. The van der Waals surface area contributed by atoms with Gasteiger partial charge in [-0.15, -0.1) is 0 Å². The van der Waals surface area contributed by atoms with E-state index in [1.54, 1.807) is 6.20 Å². The van der Waals surface area contributed by atoms with Gasteiger partial charge in [0.1, 0.15) is 0 Å². The van der Waals surface area contributed by atoms with E-state index in [9.17, 15) is 8.78 Å². The van der Waals surface area contributed by atoms with Gasteiger partial charge < -0.3 is 10.1 Å². The molecule has 16 heavy (non-hydrogen) atoms. The van der Waals surface area contributed by atoms with E-state index >= 15 is 0 Å². The Kier molecular flexibility index (Phi) is 3.71. The predicted octanol–water partition coefficient (Wildman–Crippen LogP) is 1.81. The van der Waals surface area contributed by atoms with Crippen molar-refractivity contribution < 1.29 is 13.5 Å². The Morgan fingerprint density at radius 2 is 2.25 bits per heavy atom. The molecular weight excluding hydrogens is 216 g/mol. The van der Waals surface area contributed by atoms with Gasteiger partial charge in [0.25, 0.3) is 0 Å². The Morgan fingerprint density at radius 1 is 1.50 bits per heavy atom. The van der Waals surface area contributed by atoms with Crippen molar-refractivity contribution in [3.05, 3.63) is 11.9 Å². The van der Waals surface area contributed by atoms with Gasteiger partial charge in [-0.2, -0.15) is 5.10 Å². The van der Waals surface area contributed by atoms with E-state index in [0.717, 1.165) is 26.1 Å². The van der Waals surface area contributed by atoms with Crippen LogP contribution in [-0.2, 0) is 11.2 Å². The fourth-order valence-corrected chi connectivity index (χ4v) is 1.81. The first kappa shape index (κ1) is 11.3. The van der Waals surface area contributed by atoms with E-state index in [4.69, 9.17) is 4.74 Å². The van der Waals surface area contributed by atoms with Crippen LogP contribution in [-0.4, -0.2) is 35.9 Å². The normalized spacial score (nSPS) is 17.9. The first-order valence-electron chi connectivity index (χ1n) is 5.40. The van der Waals surface area contributed by atoms with Gasteiger partial charge in [0, 0.05) is 19.3 Å². The highest BCUT2D eigenvalue weighted by molar-refractivity contribution is 5.47. The van der Waals surface area contributed by atoms with Crippen LogP contribution in [0.4, 0.5) is 14.5 Å². The molecule has 1 aromatic rings. The van der Waals surface area contributed by atoms with Crippen LogP contribution < -0.4 is 5.32 Å². The Bertz CT molecular complexity index is 324. The lowest BCUT2D eigenvalue weighted by molar-refractivity contribution is 0.0904. The summed E-state index contributed by atoms with van der Waals surface area (Å²) >= 11 is 0. The van der Waals surface area contributed by atoms with Crippen molar-refractivity contribution >= 4 is 5.69 Å². The molecule has 2 N–H and O–H groups in total. The molecule has 1 aliphatic rings. The zero-order valence-electron chi connectivity index (χ0n) is 8.88. The van der Waals surface area contributed by atoms with Crippen LogP contribution in [0.5, 0.6) is 0 Å². The van der Waals surface area contributed by atoms with Gasteiger partial charge in [-0.05, 0) is 12.8 Å². The Hall–Kier alpha value is -1.17. The van der Waals surface area contributed by atoms with E-state index in [0.29, 0.717) is 17.4 Å². The van der Waals surface area contributed by atoms with E-state index in [-0.39, 0.29) is 6.42 Å². The molecule has 0 bridgehead atoms. The molecule has 0 radical (unpaired) electrons. The first-order valence-corrected chi connectivity index (χ1v) is 5.40. The number of ether oxygens (including phenoxy) is 1. The quantitative estimate of drug-likeness (QED) is 0.830. The average Bonchev–Trinajstić information content (AvgIpc) is 2.66. The van der Waals surface area contributed by atoms with Crippen LogP contribution in [0.2, 0.25) is 0 Å². The molecule has 6 heteroatoms. The minimum absolute atomic E-state index is 0.286. The van der Waals surface area contributed by atoms with Gasteiger partial charge in [-0.25, -0.2) is 8.78 Å². The van der Waals surface area contributed by atoms with Crippen LogP contribution in [0.3, 0.4) is 0 Å². The number of anilines is 1. The number of aromatic nitrogens is 2. The van der Waals surface area contributed by atoms with Crippen LogP contribution in [0.15, 0.2) is 6.20 Å². The van der Waals surface area contributed by atoms with Crippen LogP contribution in [0, 0.1) is 0 Å². The molecular formula is C10H15F2N3O. The molecule has 90 valence electrons. The number of hydrogen-bond donors (Lipinski definition) is 2. The van der Waals surface area contributed by atoms with Gasteiger partial charge in [-0.1, -0.05) is 0 Å². The SMILES string of the molecule is FC(F)Cc1[nH]ncc1NC1CCOCC1. The number of aromatic amines is 1. The van der Waals surface area contributed by atoms with E-state index in [1.807, 2.05) is 0 Å². The summed E-state index contributed by atoms with van der Waals surface area (Å²) in [5.74, 6) is 0. The molecule has 1 fully saturated rings. The molecule has 0 unspecified atom stereocenters. The molecule has 1 aromatic heterocycles. The number of rotatable bonds is 4. The number of nitrogens with zero attached hydrogens (tertiary/aromatic N) is 1. The first-order chi connectivity index (χ1) is 7.75. The van der Waals surface area contributed by atoms with E-state index in [1.165, 1.54) is 0 Å². The highest BCUT2D eigenvalue weighted by Crippen LogP contribution is 2.19. The second-order valence-corrected chi connectivity index (χ2v) is 3.89. The maximum Gasteiger partial charge on any atom is 0.244 e. The third-order valence-corrected chi connectivity index (χ3v) is 2.66. The monoisotopic (exact) mass is 231 g/mol. The van der Waals surface area contributed by atoms with Gasteiger partial charge in [0.05, 0.1) is 24.0 Å².